The maximum Gasteiger partial charge on any atom is 0.238 e. The summed E-state index contributed by atoms with van der Waals surface area (Å²) in [5.41, 5.74) is 0.732. The second-order valence-corrected chi connectivity index (χ2v) is 7.76. The molecule has 0 heterocycles. The Labute approximate surface area is 109 Å². The highest BCUT2D eigenvalue weighted by Gasteiger charge is 2.53. The number of halogens is 3. The van der Waals surface area contributed by atoms with Gasteiger partial charge in [-0.1, -0.05) is 35.3 Å². The van der Waals surface area contributed by atoms with Crippen LogP contribution in [0.5, 0.6) is 0 Å². The first-order chi connectivity index (χ1) is 7.36. The predicted octanol–water partition coefficient (Wildman–Crippen LogP) is 3.64. The minimum Gasteiger partial charge on any atom is -0.212 e. The van der Waals surface area contributed by atoms with Gasteiger partial charge in [0.15, 0.2) is 0 Å². The quantitative estimate of drug-likeness (QED) is 0.799. The molecule has 1 aromatic carbocycles. The van der Waals surface area contributed by atoms with E-state index >= 15 is 0 Å². The predicted molar refractivity (Wildman–Crippen MR) is 66.9 cm³/mol. The maximum atomic E-state index is 11.4. The average Bonchev–Trinajstić information content (AvgIpc) is 2.93. The van der Waals surface area contributed by atoms with Crippen LogP contribution in [-0.4, -0.2) is 13.2 Å². The van der Waals surface area contributed by atoms with Gasteiger partial charge in [-0.2, -0.15) is 0 Å². The lowest BCUT2D eigenvalue weighted by Gasteiger charge is -2.12. The maximum absolute atomic E-state index is 11.4. The lowest BCUT2D eigenvalue weighted by molar-refractivity contribution is 0.590. The minimum atomic E-state index is -3.55. The molecule has 0 spiro atoms. The zero-order chi connectivity index (χ0) is 12.0. The van der Waals surface area contributed by atoms with Crippen LogP contribution < -0.4 is 0 Å². The monoisotopic (exact) mass is 298 g/mol. The zero-order valence-corrected chi connectivity index (χ0v) is 11.3. The summed E-state index contributed by atoms with van der Waals surface area (Å²) in [7, 11) is 1.88. The first kappa shape index (κ1) is 12.5. The van der Waals surface area contributed by atoms with E-state index in [2.05, 4.69) is 0 Å². The van der Waals surface area contributed by atoms with Gasteiger partial charge in [-0.25, -0.2) is 8.42 Å². The molecule has 0 saturated heterocycles. The molecule has 1 aliphatic rings. The van der Waals surface area contributed by atoms with Gasteiger partial charge in [0, 0.05) is 10.7 Å². The second-order valence-electron chi connectivity index (χ2n) is 4.01. The normalized spacial score (nSPS) is 18.4. The summed E-state index contributed by atoms with van der Waals surface area (Å²) in [6.07, 6.45) is 1.50. The third kappa shape index (κ3) is 2.19. The fourth-order valence-corrected chi connectivity index (χ4v) is 3.61. The van der Waals surface area contributed by atoms with Crippen molar-refractivity contribution in [3.63, 3.8) is 0 Å². The summed E-state index contributed by atoms with van der Waals surface area (Å²) >= 11 is 11.9. The molecule has 0 atom stereocenters. The molecule has 2 nitrogen and oxygen atoms in total. The van der Waals surface area contributed by atoms with Crippen molar-refractivity contribution in [2.24, 2.45) is 0 Å². The van der Waals surface area contributed by atoms with Gasteiger partial charge >= 0.3 is 0 Å². The molecule has 6 heteroatoms. The van der Waals surface area contributed by atoms with Crippen molar-refractivity contribution in [1.82, 2.24) is 0 Å². The van der Waals surface area contributed by atoms with Gasteiger partial charge in [0.2, 0.25) is 9.05 Å². The summed E-state index contributed by atoms with van der Waals surface area (Å²) in [5, 5.41) is 0.845. The molecule has 0 bridgehead atoms. The second kappa shape index (κ2) is 4.05. The molecule has 0 amide bonds. The number of hydrogen-bond donors (Lipinski definition) is 0. The first-order valence-corrected chi connectivity index (χ1v) is 7.79. The Morgan fingerprint density at radius 1 is 1.25 bits per heavy atom. The van der Waals surface area contributed by atoms with Crippen molar-refractivity contribution in [2.45, 2.75) is 24.0 Å². The van der Waals surface area contributed by atoms with Crippen LogP contribution in [0.3, 0.4) is 0 Å². The van der Waals surface area contributed by atoms with Crippen molar-refractivity contribution in [3.05, 3.63) is 33.8 Å². The van der Waals surface area contributed by atoms with E-state index in [1.807, 2.05) is 0 Å². The topological polar surface area (TPSA) is 34.1 Å². The van der Waals surface area contributed by atoms with Gasteiger partial charge in [0.25, 0.3) is 0 Å². The third-order valence-corrected chi connectivity index (χ3v) is 6.30. The standard InChI is InChI=1S/C10H9Cl3O2S/c11-8-3-1-2-7(9(8)12)6-10(4-5-10)16(13,14)15/h1-3H,4-6H2. The number of rotatable bonds is 3. The summed E-state index contributed by atoms with van der Waals surface area (Å²) < 4.78 is 22.0. The molecule has 0 aromatic heterocycles. The van der Waals surface area contributed by atoms with Gasteiger partial charge in [-0.05, 0) is 30.9 Å². The Morgan fingerprint density at radius 2 is 1.88 bits per heavy atom. The van der Waals surface area contributed by atoms with Crippen molar-refractivity contribution in [1.29, 1.82) is 0 Å². The highest BCUT2D eigenvalue weighted by Crippen LogP contribution is 2.49. The lowest BCUT2D eigenvalue weighted by atomic mass is 10.1. The van der Waals surface area contributed by atoms with Gasteiger partial charge in [-0.15, -0.1) is 0 Å². The molecule has 1 aliphatic carbocycles. The lowest BCUT2D eigenvalue weighted by Crippen LogP contribution is -2.21. The molecule has 0 aliphatic heterocycles. The summed E-state index contributed by atoms with van der Waals surface area (Å²) in [6, 6.07) is 5.19. The molecular formula is C10H9Cl3O2S. The Balaban J connectivity index is 2.33. The molecule has 0 N–H and O–H groups in total. The molecule has 2 rings (SSSR count). The first-order valence-electron chi connectivity index (χ1n) is 4.73. The van der Waals surface area contributed by atoms with Crippen LogP contribution in [0.15, 0.2) is 18.2 Å². The molecule has 1 fully saturated rings. The molecule has 1 aromatic rings. The largest absolute Gasteiger partial charge is 0.238 e. The van der Waals surface area contributed by atoms with Crippen LogP contribution >= 0.6 is 33.9 Å². The third-order valence-electron chi connectivity index (χ3n) is 2.87. The molecule has 88 valence electrons. The Morgan fingerprint density at radius 3 is 2.38 bits per heavy atom. The smallest absolute Gasteiger partial charge is 0.212 e. The van der Waals surface area contributed by atoms with E-state index in [1.165, 1.54) is 0 Å². The molecule has 1 saturated carbocycles. The molecule has 0 unspecified atom stereocenters. The van der Waals surface area contributed by atoms with E-state index in [9.17, 15) is 8.42 Å². The fraction of sp³-hybridized carbons (Fsp3) is 0.400. The van der Waals surface area contributed by atoms with Crippen LogP contribution in [0.4, 0.5) is 0 Å². The molecule has 0 radical (unpaired) electrons. The van der Waals surface area contributed by atoms with E-state index in [1.54, 1.807) is 18.2 Å². The van der Waals surface area contributed by atoms with Crippen molar-refractivity contribution in [2.75, 3.05) is 0 Å². The van der Waals surface area contributed by atoms with Crippen molar-refractivity contribution < 1.29 is 8.42 Å². The van der Waals surface area contributed by atoms with Gasteiger partial charge in [0.1, 0.15) is 0 Å². The Kier molecular flexibility index (Phi) is 3.17. The highest BCUT2D eigenvalue weighted by molar-refractivity contribution is 8.15. The van der Waals surface area contributed by atoms with Gasteiger partial charge in [-0.3, -0.25) is 0 Å². The summed E-state index contributed by atoms with van der Waals surface area (Å²) in [6.45, 7) is 0. The van der Waals surface area contributed by atoms with Crippen LogP contribution in [0.1, 0.15) is 18.4 Å². The van der Waals surface area contributed by atoms with E-state index in [4.69, 9.17) is 33.9 Å². The van der Waals surface area contributed by atoms with Gasteiger partial charge < -0.3 is 0 Å². The highest BCUT2D eigenvalue weighted by atomic mass is 35.7. The average molecular weight is 300 g/mol. The van der Waals surface area contributed by atoms with Crippen LogP contribution in [0.2, 0.25) is 10.0 Å². The molecule has 16 heavy (non-hydrogen) atoms. The van der Waals surface area contributed by atoms with E-state index in [-0.39, 0.29) is 0 Å². The zero-order valence-electron chi connectivity index (χ0n) is 8.21. The summed E-state index contributed by atoms with van der Waals surface area (Å²) in [4.78, 5) is 0. The van der Waals surface area contributed by atoms with E-state index in [0.29, 0.717) is 29.3 Å². The Bertz CT molecular complexity index is 521. The van der Waals surface area contributed by atoms with Crippen LogP contribution in [0, 0.1) is 0 Å². The number of hydrogen-bond acceptors (Lipinski definition) is 2. The van der Waals surface area contributed by atoms with Crippen molar-refractivity contribution >= 4 is 42.9 Å². The fourth-order valence-electron chi connectivity index (χ4n) is 1.68. The minimum absolute atomic E-state index is 0.332. The van der Waals surface area contributed by atoms with E-state index < -0.39 is 13.8 Å². The van der Waals surface area contributed by atoms with E-state index in [0.717, 1.165) is 5.56 Å². The summed E-state index contributed by atoms with van der Waals surface area (Å²) in [5.74, 6) is 0. The van der Waals surface area contributed by atoms with Crippen molar-refractivity contribution in [3.8, 4) is 0 Å². The Hall–Kier alpha value is 0.0400. The van der Waals surface area contributed by atoms with Gasteiger partial charge in [0.05, 0.1) is 14.8 Å². The van der Waals surface area contributed by atoms with Crippen LogP contribution in [0.25, 0.3) is 0 Å². The molecular weight excluding hydrogens is 291 g/mol. The van der Waals surface area contributed by atoms with Crippen LogP contribution in [-0.2, 0) is 15.5 Å². The SMILES string of the molecule is O=S(=O)(Cl)C1(Cc2cccc(Cl)c2Cl)CC1. The number of benzene rings is 1.